The van der Waals surface area contributed by atoms with Crippen LogP contribution in [0.1, 0.15) is 15.9 Å². The lowest BCUT2D eigenvalue weighted by molar-refractivity contribution is -0.113. The van der Waals surface area contributed by atoms with Crippen LogP contribution in [-0.4, -0.2) is 36.8 Å². The van der Waals surface area contributed by atoms with Gasteiger partial charge in [-0.25, -0.2) is 4.98 Å². The normalized spacial score (nSPS) is 10.5. The molecular weight excluding hydrogens is 494 g/mol. The second-order valence-corrected chi connectivity index (χ2v) is 9.70. The number of thioether (sulfide) groups is 1. The van der Waals surface area contributed by atoms with Crippen molar-refractivity contribution in [1.82, 2.24) is 4.98 Å². The van der Waals surface area contributed by atoms with Crippen molar-refractivity contribution < 1.29 is 19.1 Å². The Morgan fingerprint density at radius 2 is 1.72 bits per heavy atom. The van der Waals surface area contributed by atoms with Crippen LogP contribution in [0, 0.1) is 6.92 Å². The molecule has 0 spiro atoms. The molecule has 1 heterocycles. The van der Waals surface area contributed by atoms with Crippen LogP contribution in [0.3, 0.4) is 0 Å². The standard InChI is InChI=1S/C27H25N3O4S2/c1-17-7-9-18(10-8-17)26(32)28-20-5-4-6-21(14-20)35-16-25(31)30-27-29-22(15-36-27)19-11-12-23(33-2)24(13-19)34-3/h4-15H,16H2,1-3H3,(H,28,32)(H,29,30,31). The smallest absolute Gasteiger partial charge is 0.255 e. The maximum Gasteiger partial charge on any atom is 0.255 e. The van der Waals surface area contributed by atoms with Crippen molar-refractivity contribution in [3.63, 3.8) is 0 Å². The molecule has 0 saturated heterocycles. The number of benzene rings is 3. The van der Waals surface area contributed by atoms with Gasteiger partial charge >= 0.3 is 0 Å². The highest BCUT2D eigenvalue weighted by Gasteiger charge is 2.12. The second-order valence-electron chi connectivity index (χ2n) is 7.79. The van der Waals surface area contributed by atoms with Gasteiger partial charge in [-0.3, -0.25) is 9.59 Å². The molecule has 0 unspecified atom stereocenters. The van der Waals surface area contributed by atoms with Crippen molar-refractivity contribution in [2.75, 3.05) is 30.6 Å². The number of aromatic nitrogens is 1. The van der Waals surface area contributed by atoms with Crippen LogP contribution >= 0.6 is 23.1 Å². The number of anilines is 2. The predicted octanol–water partition coefficient (Wildman–Crippen LogP) is 6.12. The summed E-state index contributed by atoms with van der Waals surface area (Å²) in [5.41, 5.74) is 3.96. The van der Waals surface area contributed by atoms with Crippen molar-refractivity contribution >= 4 is 45.7 Å². The third-order valence-corrected chi connectivity index (χ3v) is 6.96. The lowest BCUT2D eigenvalue weighted by atomic mass is 10.1. The van der Waals surface area contributed by atoms with Crippen LogP contribution in [0.2, 0.25) is 0 Å². The maximum absolute atomic E-state index is 12.5. The van der Waals surface area contributed by atoms with Crippen LogP contribution in [-0.2, 0) is 4.79 Å². The van der Waals surface area contributed by atoms with Crippen LogP contribution in [0.4, 0.5) is 10.8 Å². The molecule has 0 aliphatic heterocycles. The van der Waals surface area contributed by atoms with Gasteiger partial charge in [-0.05, 0) is 55.5 Å². The van der Waals surface area contributed by atoms with Gasteiger partial charge in [0.05, 0.1) is 25.7 Å². The summed E-state index contributed by atoms with van der Waals surface area (Å²) in [7, 11) is 3.17. The maximum atomic E-state index is 12.5. The van der Waals surface area contributed by atoms with Crippen molar-refractivity contribution in [3.05, 3.63) is 83.2 Å². The highest BCUT2D eigenvalue weighted by Crippen LogP contribution is 2.33. The summed E-state index contributed by atoms with van der Waals surface area (Å²) < 4.78 is 10.6. The molecule has 0 fully saturated rings. The van der Waals surface area contributed by atoms with E-state index < -0.39 is 0 Å². The van der Waals surface area contributed by atoms with Gasteiger partial charge in [0, 0.05) is 27.1 Å². The van der Waals surface area contributed by atoms with Crippen LogP contribution in [0.25, 0.3) is 11.3 Å². The number of methoxy groups -OCH3 is 2. The van der Waals surface area contributed by atoms with E-state index in [4.69, 9.17) is 9.47 Å². The highest BCUT2D eigenvalue weighted by atomic mass is 32.2. The first-order valence-electron chi connectivity index (χ1n) is 11.0. The first-order valence-corrected chi connectivity index (χ1v) is 12.9. The number of carbonyl (C=O) groups excluding carboxylic acids is 2. The SMILES string of the molecule is COc1ccc(-c2csc(NC(=O)CSc3cccc(NC(=O)c4ccc(C)cc4)c3)n2)cc1OC. The number of aryl methyl sites for hydroxylation is 1. The largest absolute Gasteiger partial charge is 0.493 e. The number of thiazole rings is 1. The fourth-order valence-electron chi connectivity index (χ4n) is 3.34. The van der Waals surface area contributed by atoms with E-state index in [-0.39, 0.29) is 17.6 Å². The van der Waals surface area contributed by atoms with Gasteiger partial charge in [-0.1, -0.05) is 23.8 Å². The summed E-state index contributed by atoms with van der Waals surface area (Å²) in [5.74, 6) is 1.12. The summed E-state index contributed by atoms with van der Waals surface area (Å²) in [6.07, 6.45) is 0. The molecule has 0 aliphatic rings. The molecular formula is C27H25N3O4S2. The summed E-state index contributed by atoms with van der Waals surface area (Å²) in [5, 5.41) is 8.15. The first-order chi connectivity index (χ1) is 17.4. The first kappa shape index (κ1) is 25.3. The summed E-state index contributed by atoms with van der Waals surface area (Å²) in [6, 6.07) is 20.4. The number of nitrogens with zero attached hydrogens (tertiary/aromatic N) is 1. The fraction of sp³-hybridized carbons (Fsp3) is 0.148. The van der Waals surface area contributed by atoms with E-state index in [0.717, 1.165) is 21.7 Å². The zero-order chi connectivity index (χ0) is 25.5. The molecule has 0 bridgehead atoms. The zero-order valence-corrected chi connectivity index (χ0v) is 21.7. The van der Waals surface area contributed by atoms with E-state index >= 15 is 0 Å². The van der Waals surface area contributed by atoms with E-state index in [1.807, 2.05) is 66.9 Å². The van der Waals surface area contributed by atoms with Gasteiger partial charge in [0.15, 0.2) is 16.6 Å². The molecule has 2 N–H and O–H groups in total. The minimum Gasteiger partial charge on any atom is -0.493 e. The van der Waals surface area contributed by atoms with E-state index in [1.54, 1.807) is 26.4 Å². The third kappa shape index (κ3) is 6.44. The number of rotatable bonds is 9. The molecule has 9 heteroatoms. The summed E-state index contributed by atoms with van der Waals surface area (Å²) in [6.45, 7) is 1.98. The van der Waals surface area contributed by atoms with E-state index in [1.165, 1.54) is 23.1 Å². The molecule has 2 amide bonds. The Balaban J connectivity index is 1.32. The summed E-state index contributed by atoms with van der Waals surface area (Å²) in [4.78, 5) is 30.4. The van der Waals surface area contributed by atoms with Crippen molar-refractivity contribution in [2.24, 2.45) is 0 Å². The van der Waals surface area contributed by atoms with Crippen LogP contribution in [0.5, 0.6) is 11.5 Å². The highest BCUT2D eigenvalue weighted by molar-refractivity contribution is 8.00. The van der Waals surface area contributed by atoms with Gasteiger partial charge in [0.25, 0.3) is 5.91 Å². The van der Waals surface area contributed by atoms with Gasteiger partial charge in [0.2, 0.25) is 5.91 Å². The minimum atomic E-state index is -0.177. The molecule has 184 valence electrons. The number of carbonyl (C=O) groups is 2. The van der Waals surface area contributed by atoms with Crippen molar-refractivity contribution in [1.29, 1.82) is 0 Å². The van der Waals surface area contributed by atoms with Crippen LogP contribution < -0.4 is 20.1 Å². The average molecular weight is 520 g/mol. The van der Waals surface area contributed by atoms with Crippen molar-refractivity contribution in [2.45, 2.75) is 11.8 Å². The minimum absolute atomic E-state index is 0.165. The third-order valence-electron chi connectivity index (χ3n) is 5.21. The molecule has 3 aromatic carbocycles. The molecule has 4 aromatic rings. The number of ether oxygens (including phenoxy) is 2. The number of amides is 2. The number of hydrogen-bond acceptors (Lipinski definition) is 7. The molecule has 1 aromatic heterocycles. The molecule has 4 rings (SSSR count). The Morgan fingerprint density at radius 1 is 0.944 bits per heavy atom. The van der Waals surface area contributed by atoms with Gasteiger partial charge < -0.3 is 20.1 Å². The fourth-order valence-corrected chi connectivity index (χ4v) is 4.83. The Labute approximate surface area is 217 Å². The Morgan fingerprint density at radius 3 is 2.47 bits per heavy atom. The Hall–Kier alpha value is -3.82. The predicted molar refractivity (Wildman–Crippen MR) is 146 cm³/mol. The second kappa shape index (κ2) is 11.7. The van der Waals surface area contributed by atoms with Gasteiger partial charge in [-0.2, -0.15) is 0 Å². The number of nitrogens with one attached hydrogen (secondary N) is 2. The zero-order valence-electron chi connectivity index (χ0n) is 20.0. The lowest BCUT2D eigenvalue weighted by Crippen LogP contribution is -2.14. The topological polar surface area (TPSA) is 89.6 Å². The molecule has 36 heavy (non-hydrogen) atoms. The molecule has 0 radical (unpaired) electrons. The molecule has 7 nitrogen and oxygen atoms in total. The van der Waals surface area contributed by atoms with Gasteiger partial charge in [-0.15, -0.1) is 23.1 Å². The summed E-state index contributed by atoms with van der Waals surface area (Å²) >= 11 is 2.74. The van der Waals surface area contributed by atoms with Crippen LogP contribution in [0.15, 0.2) is 77.0 Å². The van der Waals surface area contributed by atoms with E-state index in [2.05, 4.69) is 15.6 Å². The molecule has 0 saturated carbocycles. The quantitative estimate of drug-likeness (QED) is 0.259. The lowest BCUT2D eigenvalue weighted by Gasteiger charge is -2.08. The van der Waals surface area contributed by atoms with Crippen molar-refractivity contribution in [3.8, 4) is 22.8 Å². The van der Waals surface area contributed by atoms with E-state index in [9.17, 15) is 9.59 Å². The Kier molecular flexibility index (Phi) is 8.24. The monoisotopic (exact) mass is 519 g/mol. The number of hydrogen-bond donors (Lipinski definition) is 2. The average Bonchev–Trinajstić information content (AvgIpc) is 3.36. The molecule has 0 atom stereocenters. The Bertz CT molecular complexity index is 1370. The van der Waals surface area contributed by atoms with Gasteiger partial charge in [0.1, 0.15) is 0 Å². The molecule has 0 aliphatic carbocycles. The van der Waals surface area contributed by atoms with E-state index in [0.29, 0.717) is 27.9 Å².